The molecule has 1 aromatic carbocycles. The van der Waals surface area contributed by atoms with Crippen LogP contribution in [0.5, 0.6) is 0 Å². The predicted molar refractivity (Wildman–Crippen MR) is 64.8 cm³/mol. The van der Waals surface area contributed by atoms with Crippen molar-refractivity contribution in [3.05, 3.63) is 35.1 Å². The first kappa shape index (κ1) is 16.9. The Bertz CT molecular complexity index is 531. The van der Waals surface area contributed by atoms with Crippen molar-refractivity contribution in [3.8, 4) is 0 Å². The van der Waals surface area contributed by atoms with E-state index < -0.39 is 35.1 Å². The van der Waals surface area contributed by atoms with Gasteiger partial charge in [0.15, 0.2) is 6.04 Å². The van der Waals surface area contributed by atoms with Crippen LogP contribution in [0.25, 0.3) is 0 Å². The van der Waals surface area contributed by atoms with Gasteiger partial charge in [0, 0.05) is 6.54 Å². The smallest absolute Gasteiger partial charge is 0.416 e. The molecular weight excluding hydrogens is 294 g/mol. The quantitative estimate of drug-likeness (QED) is 0.649. The number of hydrogen-bond donors (Lipinski definition) is 1. The third kappa shape index (κ3) is 4.17. The van der Waals surface area contributed by atoms with Gasteiger partial charge in [-0.05, 0) is 30.2 Å². The molecule has 116 valence electrons. The fourth-order valence-corrected chi connectivity index (χ4v) is 1.91. The lowest BCUT2D eigenvalue weighted by molar-refractivity contribution is -0.147. The number of hydrogen-bond acceptors (Lipinski definition) is 2. The summed E-state index contributed by atoms with van der Waals surface area (Å²) in [6.07, 6.45) is -4.18. The molecule has 0 saturated carbocycles. The summed E-state index contributed by atoms with van der Waals surface area (Å²) < 4.78 is 51.3. The molecule has 1 rings (SSSR count). The van der Waals surface area contributed by atoms with Crippen molar-refractivity contribution in [3.63, 3.8) is 0 Å². The van der Waals surface area contributed by atoms with Gasteiger partial charge in [0.25, 0.3) is 0 Å². The van der Waals surface area contributed by atoms with Crippen LogP contribution in [0, 0.1) is 5.82 Å². The Morgan fingerprint density at radius 3 is 2.43 bits per heavy atom. The topological polar surface area (TPSA) is 57.6 Å². The second kappa shape index (κ2) is 6.55. The number of halogens is 4. The molecule has 0 radical (unpaired) electrons. The number of nitrogens with zero attached hydrogens (tertiary/aromatic N) is 1. The second-order valence-electron chi connectivity index (χ2n) is 4.36. The van der Waals surface area contributed by atoms with Crippen LogP contribution in [-0.2, 0) is 15.8 Å². The summed E-state index contributed by atoms with van der Waals surface area (Å²) in [5.74, 6) is -2.75. The third-order valence-corrected chi connectivity index (χ3v) is 2.75. The van der Waals surface area contributed by atoms with Crippen LogP contribution in [0.3, 0.4) is 0 Å². The molecule has 0 heterocycles. The average Bonchev–Trinajstić information content (AvgIpc) is 2.36. The molecule has 21 heavy (non-hydrogen) atoms. The van der Waals surface area contributed by atoms with Gasteiger partial charge >= 0.3 is 12.1 Å². The van der Waals surface area contributed by atoms with Gasteiger partial charge in [0.1, 0.15) is 5.82 Å². The first-order chi connectivity index (χ1) is 9.70. The molecule has 0 spiro atoms. The third-order valence-electron chi connectivity index (χ3n) is 2.75. The van der Waals surface area contributed by atoms with E-state index in [0.29, 0.717) is 18.6 Å². The molecule has 1 N–H and O–H groups in total. The molecule has 0 aliphatic heterocycles. The highest BCUT2D eigenvalue weighted by Gasteiger charge is 2.34. The summed E-state index contributed by atoms with van der Waals surface area (Å²) in [7, 11) is 0. The second-order valence-corrected chi connectivity index (χ2v) is 4.36. The van der Waals surface area contributed by atoms with Crippen molar-refractivity contribution in [2.24, 2.45) is 0 Å². The molecule has 0 bridgehead atoms. The minimum atomic E-state index is -4.81. The summed E-state index contributed by atoms with van der Waals surface area (Å²) in [4.78, 5) is 23.0. The number of benzene rings is 1. The number of alkyl halides is 3. The zero-order chi connectivity index (χ0) is 16.2. The van der Waals surface area contributed by atoms with E-state index in [1.807, 2.05) is 0 Å². The van der Waals surface area contributed by atoms with E-state index in [1.165, 1.54) is 0 Å². The van der Waals surface area contributed by atoms with Gasteiger partial charge in [0.2, 0.25) is 6.41 Å². The SMILES string of the molecule is CCCN(C=O)C(C(=O)O)c1cc(F)cc(C(F)(F)F)c1. The van der Waals surface area contributed by atoms with Gasteiger partial charge in [-0.1, -0.05) is 6.92 Å². The zero-order valence-corrected chi connectivity index (χ0v) is 11.0. The maximum atomic E-state index is 13.3. The molecule has 0 fully saturated rings. The summed E-state index contributed by atoms with van der Waals surface area (Å²) in [6.45, 7) is 1.69. The molecular formula is C13H13F4NO3. The van der Waals surface area contributed by atoms with Crippen molar-refractivity contribution in [2.45, 2.75) is 25.6 Å². The fourth-order valence-electron chi connectivity index (χ4n) is 1.91. The van der Waals surface area contributed by atoms with E-state index in [1.54, 1.807) is 6.92 Å². The maximum Gasteiger partial charge on any atom is 0.416 e. The highest BCUT2D eigenvalue weighted by molar-refractivity contribution is 5.78. The van der Waals surface area contributed by atoms with Crippen LogP contribution in [0.2, 0.25) is 0 Å². The standard InChI is InChI=1S/C13H13F4NO3/c1-2-3-18(7-19)11(12(20)21)8-4-9(13(15,16)17)6-10(14)5-8/h4-7,11H,2-3H2,1H3,(H,20,21). The molecule has 0 aliphatic carbocycles. The van der Waals surface area contributed by atoms with Crippen molar-refractivity contribution in [1.29, 1.82) is 0 Å². The van der Waals surface area contributed by atoms with E-state index in [4.69, 9.17) is 5.11 Å². The minimum Gasteiger partial charge on any atom is -0.479 e. The van der Waals surface area contributed by atoms with Crippen LogP contribution in [0.4, 0.5) is 17.6 Å². The molecule has 0 saturated heterocycles. The number of aliphatic carboxylic acids is 1. The highest BCUT2D eigenvalue weighted by atomic mass is 19.4. The number of amides is 1. The maximum absolute atomic E-state index is 13.3. The molecule has 0 aromatic heterocycles. The predicted octanol–water partition coefficient (Wildman–Crippen LogP) is 2.84. The molecule has 1 unspecified atom stereocenters. The number of carbonyl (C=O) groups is 2. The van der Waals surface area contributed by atoms with Crippen LogP contribution in [0.15, 0.2) is 18.2 Å². The van der Waals surface area contributed by atoms with Crippen LogP contribution in [-0.4, -0.2) is 28.9 Å². The normalized spacial score (nSPS) is 12.8. The lowest BCUT2D eigenvalue weighted by Gasteiger charge is -2.25. The van der Waals surface area contributed by atoms with Crippen molar-refractivity contribution in [2.75, 3.05) is 6.54 Å². The van der Waals surface area contributed by atoms with Gasteiger partial charge < -0.3 is 10.0 Å². The van der Waals surface area contributed by atoms with Crippen molar-refractivity contribution in [1.82, 2.24) is 4.90 Å². The highest BCUT2D eigenvalue weighted by Crippen LogP contribution is 2.32. The zero-order valence-electron chi connectivity index (χ0n) is 11.0. The van der Waals surface area contributed by atoms with E-state index >= 15 is 0 Å². The van der Waals surface area contributed by atoms with E-state index in [9.17, 15) is 27.2 Å². The Morgan fingerprint density at radius 2 is 2.00 bits per heavy atom. The number of carboxylic acids is 1. The van der Waals surface area contributed by atoms with Gasteiger partial charge in [-0.2, -0.15) is 13.2 Å². The van der Waals surface area contributed by atoms with E-state index in [2.05, 4.69) is 0 Å². The molecule has 1 aromatic rings. The Kier molecular flexibility index (Phi) is 5.28. The van der Waals surface area contributed by atoms with Crippen LogP contribution in [0.1, 0.15) is 30.5 Å². The van der Waals surface area contributed by atoms with Crippen molar-refractivity contribution < 1.29 is 32.3 Å². The van der Waals surface area contributed by atoms with Gasteiger partial charge in [-0.3, -0.25) is 4.79 Å². The number of rotatable bonds is 6. The van der Waals surface area contributed by atoms with Gasteiger partial charge in [-0.15, -0.1) is 0 Å². The van der Waals surface area contributed by atoms with E-state index in [0.717, 1.165) is 4.90 Å². The largest absolute Gasteiger partial charge is 0.479 e. The lowest BCUT2D eigenvalue weighted by atomic mass is 10.0. The molecule has 0 aliphatic rings. The van der Waals surface area contributed by atoms with Crippen molar-refractivity contribution >= 4 is 12.4 Å². The summed E-state index contributed by atoms with van der Waals surface area (Å²) in [5, 5.41) is 9.14. The Balaban J connectivity index is 3.35. The minimum absolute atomic E-state index is 0.0261. The summed E-state index contributed by atoms with van der Waals surface area (Å²) in [6, 6.07) is -0.180. The van der Waals surface area contributed by atoms with E-state index in [-0.39, 0.29) is 19.0 Å². The summed E-state index contributed by atoms with van der Waals surface area (Å²) >= 11 is 0. The molecule has 1 atom stereocenters. The first-order valence-electron chi connectivity index (χ1n) is 6.02. The first-order valence-corrected chi connectivity index (χ1v) is 6.02. The monoisotopic (exact) mass is 307 g/mol. The molecule has 1 amide bonds. The Labute approximate surface area is 118 Å². The fraction of sp³-hybridized carbons (Fsp3) is 0.385. The molecule has 8 heteroatoms. The number of carbonyl (C=O) groups excluding carboxylic acids is 1. The summed E-state index contributed by atoms with van der Waals surface area (Å²) in [5.41, 5.74) is -1.73. The Hall–Kier alpha value is -2.12. The Morgan fingerprint density at radius 1 is 1.38 bits per heavy atom. The van der Waals surface area contributed by atoms with Crippen LogP contribution < -0.4 is 0 Å². The number of carboxylic acid groups (broad SMARTS) is 1. The molecule has 4 nitrogen and oxygen atoms in total. The van der Waals surface area contributed by atoms with Gasteiger partial charge in [-0.25, -0.2) is 9.18 Å². The van der Waals surface area contributed by atoms with Crippen LogP contribution >= 0.6 is 0 Å². The van der Waals surface area contributed by atoms with Gasteiger partial charge in [0.05, 0.1) is 5.56 Å². The average molecular weight is 307 g/mol. The lowest BCUT2D eigenvalue weighted by Crippen LogP contribution is -2.34.